The first-order valence-electron chi connectivity index (χ1n) is 6.35. The van der Waals surface area contributed by atoms with Gasteiger partial charge in [0.05, 0.1) is 0 Å². The number of rotatable bonds is 6. The molecule has 2 amide bonds. The van der Waals surface area contributed by atoms with Gasteiger partial charge in [-0.2, -0.15) is 0 Å². The molecule has 1 aromatic rings. The van der Waals surface area contributed by atoms with Crippen LogP contribution in [-0.2, 0) is 0 Å². The molecule has 0 radical (unpaired) electrons. The molecule has 0 bridgehead atoms. The molecule has 0 atom stereocenters. The molecule has 0 heterocycles. The van der Waals surface area contributed by atoms with Crippen molar-refractivity contribution in [3.05, 3.63) is 29.3 Å². The molecule has 0 saturated heterocycles. The molecule has 5 heteroatoms. The Labute approximate surface area is 114 Å². The van der Waals surface area contributed by atoms with Crippen molar-refractivity contribution in [2.75, 3.05) is 33.9 Å². The first-order valence-corrected chi connectivity index (χ1v) is 6.35. The van der Waals surface area contributed by atoms with Crippen molar-refractivity contribution in [2.24, 2.45) is 0 Å². The molecule has 0 aliphatic heterocycles. The van der Waals surface area contributed by atoms with Crippen LogP contribution in [0.25, 0.3) is 0 Å². The number of hydrogen-bond acceptors (Lipinski definition) is 3. The number of likely N-dealkylation sites (N-methyl/N-ethyl adjacent to an activating group) is 1. The number of carbonyl (C=O) groups is 1. The lowest BCUT2D eigenvalue weighted by Gasteiger charge is -2.13. The zero-order valence-corrected chi connectivity index (χ0v) is 12.1. The van der Waals surface area contributed by atoms with E-state index in [4.69, 9.17) is 4.74 Å². The largest absolute Gasteiger partial charge is 0.473 e. The monoisotopic (exact) mass is 265 g/mol. The molecule has 0 unspecified atom stereocenters. The average Bonchev–Trinajstić information content (AvgIpc) is 2.31. The molecule has 19 heavy (non-hydrogen) atoms. The van der Waals surface area contributed by atoms with Gasteiger partial charge in [0.2, 0.25) is 0 Å². The molecule has 0 aliphatic carbocycles. The van der Waals surface area contributed by atoms with E-state index < -0.39 is 0 Å². The number of hydrogen-bond donors (Lipinski definition) is 2. The Morgan fingerprint density at radius 3 is 2.63 bits per heavy atom. The Bertz CT molecular complexity index is 419. The Hall–Kier alpha value is -1.75. The number of aryl methyl sites for hydroxylation is 2. The number of urea groups is 1. The van der Waals surface area contributed by atoms with E-state index in [9.17, 15) is 4.79 Å². The summed E-state index contributed by atoms with van der Waals surface area (Å²) in [6.07, 6.45) is 0. The Balaban J connectivity index is 2.24. The molecule has 0 saturated carbocycles. The standard InChI is InChI=1S/C14H23N3O2/c1-11-5-6-13(12(2)9-11)19-10-16-14(18)15-7-8-17(3)4/h5-6,9H,7-8,10H2,1-4H3,(H2,15,16,18). The van der Waals surface area contributed by atoms with E-state index >= 15 is 0 Å². The van der Waals surface area contributed by atoms with Gasteiger partial charge in [0, 0.05) is 13.1 Å². The first kappa shape index (κ1) is 15.3. The molecule has 0 aliphatic rings. The van der Waals surface area contributed by atoms with E-state index in [2.05, 4.69) is 10.6 Å². The van der Waals surface area contributed by atoms with E-state index in [1.54, 1.807) is 0 Å². The van der Waals surface area contributed by atoms with Crippen LogP contribution in [0.3, 0.4) is 0 Å². The number of ether oxygens (including phenoxy) is 1. The zero-order valence-electron chi connectivity index (χ0n) is 12.1. The number of carbonyl (C=O) groups excluding carboxylic acids is 1. The lowest BCUT2D eigenvalue weighted by atomic mass is 10.1. The van der Waals surface area contributed by atoms with E-state index in [0.29, 0.717) is 6.54 Å². The third-order valence-corrected chi connectivity index (χ3v) is 2.64. The maximum absolute atomic E-state index is 11.4. The second-order valence-electron chi connectivity index (χ2n) is 4.79. The second-order valence-corrected chi connectivity index (χ2v) is 4.79. The highest BCUT2D eigenvalue weighted by Gasteiger charge is 2.02. The second kappa shape index (κ2) is 7.63. The molecule has 106 valence electrons. The predicted octanol–water partition coefficient (Wildman–Crippen LogP) is 1.50. The molecule has 1 aromatic carbocycles. The highest BCUT2D eigenvalue weighted by atomic mass is 16.5. The molecule has 0 spiro atoms. The van der Waals surface area contributed by atoms with Crippen molar-refractivity contribution in [3.8, 4) is 5.75 Å². The lowest BCUT2D eigenvalue weighted by molar-refractivity contribution is 0.222. The molecule has 0 fully saturated rings. The van der Waals surface area contributed by atoms with Crippen molar-refractivity contribution >= 4 is 6.03 Å². The van der Waals surface area contributed by atoms with Gasteiger partial charge in [-0.15, -0.1) is 0 Å². The Morgan fingerprint density at radius 1 is 1.26 bits per heavy atom. The van der Waals surface area contributed by atoms with Gasteiger partial charge in [0.15, 0.2) is 6.73 Å². The fourth-order valence-corrected chi connectivity index (χ4v) is 1.60. The first-order chi connectivity index (χ1) is 8.99. The fourth-order valence-electron chi connectivity index (χ4n) is 1.60. The third-order valence-electron chi connectivity index (χ3n) is 2.64. The van der Waals surface area contributed by atoms with Gasteiger partial charge in [-0.1, -0.05) is 17.7 Å². The Kier molecular flexibility index (Phi) is 6.15. The minimum absolute atomic E-state index is 0.164. The third kappa shape index (κ3) is 6.10. The minimum atomic E-state index is -0.216. The zero-order chi connectivity index (χ0) is 14.3. The van der Waals surface area contributed by atoms with Crippen LogP contribution in [0.15, 0.2) is 18.2 Å². The van der Waals surface area contributed by atoms with Gasteiger partial charge in [0.25, 0.3) is 0 Å². The number of benzene rings is 1. The predicted molar refractivity (Wildman–Crippen MR) is 76.5 cm³/mol. The quantitative estimate of drug-likeness (QED) is 0.766. The van der Waals surface area contributed by atoms with Crippen LogP contribution in [-0.4, -0.2) is 44.8 Å². The van der Waals surface area contributed by atoms with Crippen LogP contribution in [0.5, 0.6) is 5.75 Å². The summed E-state index contributed by atoms with van der Waals surface area (Å²) in [5, 5.41) is 5.41. The highest BCUT2D eigenvalue weighted by molar-refractivity contribution is 5.73. The van der Waals surface area contributed by atoms with E-state index in [-0.39, 0.29) is 12.8 Å². The van der Waals surface area contributed by atoms with Crippen LogP contribution in [0.4, 0.5) is 4.79 Å². The van der Waals surface area contributed by atoms with Crippen LogP contribution in [0.1, 0.15) is 11.1 Å². The lowest BCUT2D eigenvalue weighted by Crippen LogP contribution is -2.40. The van der Waals surface area contributed by atoms with Crippen LogP contribution in [0, 0.1) is 13.8 Å². The van der Waals surface area contributed by atoms with Gasteiger partial charge in [-0.3, -0.25) is 0 Å². The smallest absolute Gasteiger partial charge is 0.317 e. The van der Waals surface area contributed by atoms with Crippen molar-refractivity contribution in [3.63, 3.8) is 0 Å². The maximum atomic E-state index is 11.4. The summed E-state index contributed by atoms with van der Waals surface area (Å²) in [4.78, 5) is 13.4. The van der Waals surface area contributed by atoms with Crippen LogP contribution >= 0.6 is 0 Å². The normalized spacial score (nSPS) is 10.4. The molecule has 5 nitrogen and oxygen atoms in total. The average molecular weight is 265 g/mol. The fraction of sp³-hybridized carbons (Fsp3) is 0.500. The van der Waals surface area contributed by atoms with Gasteiger partial charge in [-0.25, -0.2) is 4.79 Å². The SMILES string of the molecule is Cc1ccc(OCNC(=O)NCCN(C)C)c(C)c1. The topological polar surface area (TPSA) is 53.6 Å². The van der Waals surface area contributed by atoms with Crippen molar-refractivity contribution in [1.82, 2.24) is 15.5 Å². The summed E-state index contributed by atoms with van der Waals surface area (Å²) in [5.74, 6) is 0.791. The number of nitrogens with one attached hydrogen (secondary N) is 2. The summed E-state index contributed by atoms with van der Waals surface area (Å²) in [6, 6.07) is 5.73. The van der Waals surface area contributed by atoms with E-state index in [1.165, 1.54) is 5.56 Å². The van der Waals surface area contributed by atoms with Crippen LogP contribution < -0.4 is 15.4 Å². The molecular formula is C14H23N3O2. The van der Waals surface area contributed by atoms with E-state index in [1.807, 2.05) is 51.0 Å². The minimum Gasteiger partial charge on any atom is -0.473 e. The molecule has 2 N–H and O–H groups in total. The van der Waals surface area contributed by atoms with Crippen molar-refractivity contribution < 1.29 is 9.53 Å². The van der Waals surface area contributed by atoms with Crippen molar-refractivity contribution in [1.29, 1.82) is 0 Å². The molecule has 1 rings (SSSR count). The van der Waals surface area contributed by atoms with Gasteiger partial charge < -0.3 is 20.3 Å². The summed E-state index contributed by atoms with van der Waals surface area (Å²) < 4.78 is 5.51. The highest BCUT2D eigenvalue weighted by Crippen LogP contribution is 2.18. The van der Waals surface area contributed by atoms with Crippen LogP contribution in [0.2, 0.25) is 0 Å². The van der Waals surface area contributed by atoms with Gasteiger partial charge in [0.1, 0.15) is 5.75 Å². The summed E-state index contributed by atoms with van der Waals surface area (Å²) in [7, 11) is 3.92. The molecular weight excluding hydrogens is 242 g/mol. The number of nitrogens with zero attached hydrogens (tertiary/aromatic N) is 1. The Morgan fingerprint density at radius 2 is 2.00 bits per heavy atom. The summed E-state index contributed by atoms with van der Waals surface area (Å²) in [6.45, 7) is 5.61. The molecule has 0 aromatic heterocycles. The van der Waals surface area contributed by atoms with Crippen molar-refractivity contribution in [2.45, 2.75) is 13.8 Å². The van der Waals surface area contributed by atoms with Gasteiger partial charge >= 0.3 is 6.03 Å². The number of amides is 2. The van der Waals surface area contributed by atoms with Gasteiger partial charge in [-0.05, 0) is 39.6 Å². The van der Waals surface area contributed by atoms with E-state index in [0.717, 1.165) is 17.9 Å². The maximum Gasteiger partial charge on any atom is 0.317 e. The summed E-state index contributed by atoms with van der Waals surface area (Å²) in [5.41, 5.74) is 2.26. The summed E-state index contributed by atoms with van der Waals surface area (Å²) >= 11 is 0.